The summed E-state index contributed by atoms with van der Waals surface area (Å²) in [5, 5.41) is 3.45. The van der Waals surface area contributed by atoms with Crippen molar-refractivity contribution >= 4 is 5.84 Å². The van der Waals surface area contributed by atoms with Crippen molar-refractivity contribution in [3.05, 3.63) is 12.2 Å². The summed E-state index contributed by atoms with van der Waals surface area (Å²) in [7, 11) is 0. The van der Waals surface area contributed by atoms with Gasteiger partial charge in [0.2, 0.25) is 0 Å². The van der Waals surface area contributed by atoms with E-state index in [2.05, 4.69) is 29.4 Å². The van der Waals surface area contributed by atoms with Crippen LogP contribution < -0.4 is 5.32 Å². The minimum Gasteiger partial charge on any atom is -0.369 e. The highest BCUT2D eigenvalue weighted by atomic mass is 15.1. The number of nitrogens with zero attached hydrogens (tertiary/aromatic N) is 1. The third kappa shape index (κ3) is 0.602. The Morgan fingerprint density at radius 2 is 2.27 bits per heavy atom. The molecule has 0 amide bonds. The van der Waals surface area contributed by atoms with Crippen molar-refractivity contribution in [1.29, 1.82) is 0 Å². The zero-order chi connectivity index (χ0) is 7.42. The second-order valence-electron chi connectivity index (χ2n) is 3.82. The van der Waals surface area contributed by atoms with Crippen molar-refractivity contribution in [3.63, 3.8) is 0 Å². The normalized spacial score (nSPS) is 50.8. The molecule has 2 heteroatoms. The third-order valence-electron chi connectivity index (χ3n) is 3.14. The molecule has 1 aliphatic heterocycles. The zero-order valence-electron chi connectivity index (χ0n) is 6.62. The van der Waals surface area contributed by atoms with E-state index in [0.717, 1.165) is 17.7 Å². The number of aliphatic imine (C=N–C) groups is 1. The third-order valence-corrected chi connectivity index (χ3v) is 3.14. The molecule has 3 aliphatic rings. The molecule has 3 rings (SSSR count). The number of nitrogens with one attached hydrogen (secondary N) is 1. The molecule has 2 aliphatic carbocycles. The van der Waals surface area contributed by atoms with E-state index in [0.29, 0.717) is 12.1 Å². The molecular formula is C9H12N2. The first kappa shape index (κ1) is 5.81. The van der Waals surface area contributed by atoms with Gasteiger partial charge in [0.15, 0.2) is 0 Å². The number of hydrogen-bond acceptors (Lipinski definition) is 2. The lowest BCUT2D eigenvalue weighted by Gasteiger charge is -2.18. The predicted octanol–water partition coefficient (Wildman–Crippen LogP) is 0.951. The summed E-state index contributed by atoms with van der Waals surface area (Å²) in [4.78, 5) is 4.59. The molecule has 11 heavy (non-hydrogen) atoms. The van der Waals surface area contributed by atoms with Crippen LogP contribution in [-0.2, 0) is 0 Å². The van der Waals surface area contributed by atoms with Gasteiger partial charge in [0, 0.05) is 5.92 Å². The maximum absolute atomic E-state index is 4.59. The van der Waals surface area contributed by atoms with E-state index < -0.39 is 0 Å². The molecular weight excluding hydrogens is 136 g/mol. The molecule has 4 atom stereocenters. The summed E-state index contributed by atoms with van der Waals surface area (Å²) in [5.41, 5.74) is 0. The Morgan fingerprint density at radius 3 is 3.09 bits per heavy atom. The van der Waals surface area contributed by atoms with E-state index in [1.807, 2.05) is 0 Å². The highest BCUT2D eigenvalue weighted by Crippen LogP contribution is 2.42. The molecule has 1 saturated carbocycles. The van der Waals surface area contributed by atoms with E-state index >= 15 is 0 Å². The van der Waals surface area contributed by atoms with Crippen LogP contribution in [0.4, 0.5) is 0 Å². The Hall–Kier alpha value is -0.790. The van der Waals surface area contributed by atoms with Gasteiger partial charge < -0.3 is 5.32 Å². The molecule has 0 aromatic carbocycles. The molecule has 1 N–H and O–H groups in total. The first-order chi connectivity index (χ1) is 5.34. The van der Waals surface area contributed by atoms with Gasteiger partial charge >= 0.3 is 0 Å². The Kier molecular flexibility index (Phi) is 0.888. The van der Waals surface area contributed by atoms with Crippen LogP contribution in [0.3, 0.4) is 0 Å². The summed E-state index contributed by atoms with van der Waals surface area (Å²) in [6.07, 6.45) is 6.03. The topological polar surface area (TPSA) is 24.4 Å². The zero-order valence-corrected chi connectivity index (χ0v) is 6.62. The molecule has 0 aromatic heterocycles. The van der Waals surface area contributed by atoms with Gasteiger partial charge in [0.25, 0.3) is 0 Å². The maximum atomic E-state index is 4.59. The van der Waals surface area contributed by atoms with Gasteiger partial charge in [0.05, 0.1) is 17.9 Å². The first-order valence-electron chi connectivity index (χ1n) is 4.34. The van der Waals surface area contributed by atoms with E-state index in [1.54, 1.807) is 0 Å². The maximum Gasteiger partial charge on any atom is 0.0939 e. The molecule has 0 saturated heterocycles. The Labute approximate surface area is 66.4 Å². The molecule has 2 bridgehead atoms. The van der Waals surface area contributed by atoms with Crippen molar-refractivity contribution in [2.45, 2.75) is 25.4 Å². The molecule has 0 radical (unpaired) electrons. The number of hydrogen-bond donors (Lipinski definition) is 1. The second-order valence-corrected chi connectivity index (χ2v) is 3.82. The van der Waals surface area contributed by atoms with Crippen molar-refractivity contribution in [1.82, 2.24) is 5.32 Å². The van der Waals surface area contributed by atoms with E-state index in [-0.39, 0.29) is 0 Å². The highest BCUT2D eigenvalue weighted by molar-refractivity contribution is 5.82. The molecule has 1 heterocycles. The van der Waals surface area contributed by atoms with Crippen LogP contribution >= 0.6 is 0 Å². The fourth-order valence-electron chi connectivity index (χ4n) is 2.67. The van der Waals surface area contributed by atoms with Crippen LogP contribution in [-0.4, -0.2) is 17.9 Å². The van der Waals surface area contributed by atoms with Gasteiger partial charge in [0.1, 0.15) is 0 Å². The lowest BCUT2D eigenvalue weighted by Crippen LogP contribution is -2.36. The Bertz CT molecular complexity index is 254. The van der Waals surface area contributed by atoms with Crippen molar-refractivity contribution in [2.75, 3.05) is 0 Å². The van der Waals surface area contributed by atoms with Gasteiger partial charge in [-0.15, -0.1) is 0 Å². The highest BCUT2D eigenvalue weighted by Gasteiger charge is 2.47. The van der Waals surface area contributed by atoms with Crippen molar-refractivity contribution < 1.29 is 0 Å². The Morgan fingerprint density at radius 1 is 1.45 bits per heavy atom. The van der Waals surface area contributed by atoms with Crippen LogP contribution in [0.25, 0.3) is 0 Å². The van der Waals surface area contributed by atoms with Gasteiger partial charge in [-0.05, 0) is 19.3 Å². The average Bonchev–Trinajstić information content (AvgIpc) is 2.53. The molecule has 1 fully saturated rings. The van der Waals surface area contributed by atoms with Gasteiger partial charge in [-0.3, -0.25) is 4.99 Å². The van der Waals surface area contributed by atoms with Crippen LogP contribution in [0, 0.1) is 11.8 Å². The molecule has 2 nitrogen and oxygen atoms in total. The van der Waals surface area contributed by atoms with Crippen LogP contribution in [0.2, 0.25) is 0 Å². The minimum absolute atomic E-state index is 0.574. The standard InChI is InChI=1S/C9H12N2/c1-5-10-8-6-2-3-7(4-6)9(8)11-5/h2-3,6-9H,4H2,1H3,(H,10,11). The molecule has 0 spiro atoms. The van der Waals surface area contributed by atoms with Crippen molar-refractivity contribution in [3.8, 4) is 0 Å². The molecule has 4 unspecified atom stereocenters. The summed E-state index contributed by atoms with van der Waals surface area (Å²) >= 11 is 0. The molecule has 0 aromatic rings. The lowest BCUT2D eigenvalue weighted by atomic mass is 9.98. The largest absolute Gasteiger partial charge is 0.369 e. The second kappa shape index (κ2) is 1.68. The fourth-order valence-corrected chi connectivity index (χ4v) is 2.67. The van der Waals surface area contributed by atoms with Gasteiger partial charge in [-0.2, -0.15) is 0 Å². The van der Waals surface area contributed by atoms with E-state index in [9.17, 15) is 0 Å². The van der Waals surface area contributed by atoms with Gasteiger partial charge in [-0.1, -0.05) is 12.2 Å². The number of fused-ring (bicyclic) bond motifs is 5. The summed E-state index contributed by atoms with van der Waals surface area (Å²) in [5.74, 6) is 2.65. The monoisotopic (exact) mass is 148 g/mol. The molecule has 58 valence electrons. The Balaban J connectivity index is 1.99. The smallest absolute Gasteiger partial charge is 0.0939 e. The minimum atomic E-state index is 0.574. The van der Waals surface area contributed by atoms with Crippen LogP contribution in [0.15, 0.2) is 17.1 Å². The van der Waals surface area contributed by atoms with Crippen LogP contribution in [0.1, 0.15) is 13.3 Å². The quantitative estimate of drug-likeness (QED) is 0.508. The SMILES string of the molecule is CC1=NC2C3C=CC(C3)C2N1. The van der Waals surface area contributed by atoms with Crippen LogP contribution in [0.5, 0.6) is 0 Å². The first-order valence-corrected chi connectivity index (χ1v) is 4.34. The summed E-state index contributed by atoms with van der Waals surface area (Å²) in [6, 6.07) is 1.22. The van der Waals surface area contributed by atoms with E-state index in [1.165, 1.54) is 6.42 Å². The number of rotatable bonds is 0. The summed E-state index contributed by atoms with van der Waals surface area (Å²) < 4.78 is 0. The summed E-state index contributed by atoms with van der Waals surface area (Å²) in [6.45, 7) is 2.07. The van der Waals surface area contributed by atoms with Crippen molar-refractivity contribution in [2.24, 2.45) is 16.8 Å². The van der Waals surface area contributed by atoms with Gasteiger partial charge in [-0.25, -0.2) is 0 Å². The van der Waals surface area contributed by atoms with E-state index in [4.69, 9.17) is 0 Å². The predicted molar refractivity (Wildman–Crippen MR) is 44.6 cm³/mol. The lowest BCUT2D eigenvalue weighted by molar-refractivity contribution is 0.497. The fraction of sp³-hybridized carbons (Fsp3) is 0.667. The average molecular weight is 148 g/mol. The number of amidine groups is 1.